The van der Waals surface area contributed by atoms with Crippen molar-refractivity contribution in [3.63, 3.8) is 0 Å². The van der Waals surface area contributed by atoms with Crippen molar-refractivity contribution in [3.05, 3.63) is 46.2 Å². The minimum Gasteiger partial charge on any atom is -0.451 e. The van der Waals surface area contributed by atoms with Crippen LogP contribution in [0.15, 0.2) is 34.0 Å². The molecular formula is C20H25ClN2O5S. The van der Waals surface area contributed by atoms with Crippen molar-refractivity contribution in [1.29, 1.82) is 0 Å². The first-order valence-electron chi connectivity index (χ1n) is 9.42. The predicted octanol–water partition coefficient (Wildman–Crippen LogP) is 4.67. The van der Waals surface area contributed by atoms with E-state index >= 15 is 0 Å². The molecule has 2 aromatic rings. The molecule has 158 valence electrons. The second-order valence-electron chi connectivity index (χ2n) is 7.98. The molecule has 1 aliphatic carbocycles. The number of carbonyl (C=O) groups is 1. The Kier molecular flexibility index (Phi) is 5.73. The number of aliphatic hydroxyl groups is 1. The highest BCUT2D eigenvalue weighted by Crippen LogP contribution is 2.46. The molecule has 0 saturated heterocycles. The van der Waals surface area contributed by atoms with E-state index in [9.17, 15) is 18.3 Å². The average molecular weight is 441 g/mol. The zero-order valence-electron chi connectivity index (χ0n) is 16.7. The SMILES string of the molecule is CC(C)c1ccc(Cl)c(C(C)C)c1NC(=O)NS(=O)(=O)c1cc(C2(O)CC2)co1. The molecule has 3 rings (SSSR count). The minimum absolute atomic E-state index is 0.0139. The van der Waals surface area contributed by atoms with Crippen molar-refractivity contribution >= 4 is 33.3 Å². The summed E-state index contributed by atoms with van der Waals surface area (Å²) in [6, 6.07) is 3.91. The molecule has 0 atom stereocenters. The Balaban J connectivity index is 1.85. The smallest absolute Gasteiger partial charge is 0.333 e. The van der Waals surface area contributed by atoms with Crippen LogP contribution < -0.4 is 10.0 Å². The van der Waals surface area contributed by atoms with Gasteiger partial charge >= 0.3 is 6.03 Å². The molecule has 29 heavy (non-hydrogen) atoms. The van der Waals surface area contributed by atoms with Gasteiger partial charge in [0, 0.05) is 16.7 Å². The first-order chi connectivity index (χ1) is 13.4. The Bertz CT molecular complexity index is 1040. The van der Waals surface area contributed by atoms with E-state index in [1.54, 1.807) is 6.07 Å². The standard InChI is InChI=1S/C20H25ClN2O5S/c1-11(2)14-5-6-15(21)17(12(3)4)18(14)22-19(24)23-29(26,27)16-9-13(10-28-16)20(25)7-8-20/h5-6,9-12,25H,7-8H2,1-4H3,(H2,22,23,24). The second-order valence-corrected chi connectivity index (χ2v) is 10.0. The monoisotopic (exact) mass is 440 g/mol. The van der Waals surface area contributed by atoms with Crippen molar-refractivity contribution in [2.45, 2.75) is 63.1 Å². The fourth-order valence-electron chi connectivity index (χ4n) is 3.22. The van der Waals surface area contributed by atoms with Crippen LogP contribution in [0.2, 0.25) is 5.02 Å². The van der Waals surface area contributed by atoms with Crippen molar-refractivity contribution < 1.29 is 22.7 Å². The van der Waals surface area contributed by atoms with Gasteiger partial charge < -0.3 is 14.8 Å². The van der Waals surface area contributed by atoms with Gasteiger partial charge in [0.1, 0.15) is 0 Å². The lowest BCUT2D eigenvalue weighted by molar-refractivity contribution is 0.150. The van der Waals surface area contributed by atoms with Gasteiger partial charge in [-0.2, -0.15) is 8.42 Å². The van der Waals surface area contributed by atoms with E-state index in [0.717, 1.165) is 11.1 Å². The molecule has 1 saturated carbocycles. The van der Waals surface area contributed by atoms with Crippen LogP contribution >= 0.6 is 11.6 Å². The highest BCUT2D eigenvalue weighted by atomic mass is 35.5. The highest BCUT2D eigenvalue weighted by molar-refractivity contribution is 7.89. The van der Waals surface area contributed by atoms with Crippen molar-refractivity contribution in [2.24, 2.45) is 0 Å². The number of carbonyl (C=O) groups excluding carboxylic acids is 1. The summed E-state index contributed by atoms with van der Waals surface area (Å²) in [4.78, 5) is 12.5. The summed E-state index contributed by atoms with van der Waals surface area (Å²) in [6.07, 6.45) is 2.29. The molecule has 1 aromatic heterocycles. The van der Waals surface area contributed by atoms with Crippen molar-refractivity contribution in [1.82, 2.24) is 4.72 Å². The zero-order valence-corrected chi connectivity index (χ0v) is 18.3. The minimum atomic E-state index is -4.24. The van der Waals surface area contributed by atoms with E-state index in [0.29, 0.717) is 29.1 Å². The van der Waals surface area contributed by atoms with Gasteiger partial charge in [-0.05, 0) is 41.9 Å². The third-order valence-electron chi connectivity index (χ3n) is 4.99. The molecule has 0 radical (unpaired) electrons. The molecule has 7 nitrogen and oxygen atoms in total. The number of urea groups is 1. The number of benzene rings is 1. The van der Waals surface area contributed by atoms with Crippen LogP contribution in [-0.2, 0) is 15.6 Å². The number of hydrogen-bond donors (Lipinski definition) is 3. The maximum absolute atomic E-state index is 12.5. The number of nitrogens with one attached hydrogen (secondary N) is 2. The van der Waals surface area contributed by atoms with Crippen LogP contribution in [0.1, 0.15) is 69.1 Å². The van der Waals surface area contributed by atoms with Crippen LogP contribution in [0.5, 0.6) is 0 Å². The molecule has 1 heterocycles. The largest absolute Gasteiger partial charge is 0.451 e. The zero-order chi connectivity index (χ0) is 21.6. The van der Waals surface area contributed by atoms with Gasteiger partial charge in [0.2, 0.25) is 5.09 Å². The van der Waals surface area contributed by atoms with Crippen molar-refractivity contribution in [3.8, 4) is 0 Å². The maximum atomic E-state index is 12.5. The van der Waals surface area contributed by atoms with E-state index in [1.807, 2.05) is 38.5 Å². The number of halogens is 1. The molecule has 0 bridgehead atoms. The summed E-state index contributed by atoms with van der Waals surface area (Å²) in [7, 11) is -4.24. The molecule has 0 unspecified atom stereocenters. The Morgan fingerprint density at radius 1 is 1.21 bits per heavy atom. The highest BCUT2D eigenvalue weighted by Gasteiger charge is 2.44. The molecule has 1 aliphatic rings. The van der Waals surface area contributed by atoms with Gasteiger partial charge in [0.05, 0.1) is 17.6 Å². The molecule has 2 amide bonds. The van der Waals surface area contributed by atoms with Crippen LogP contribution in [0.25, 0.3) is 0 Å². The lowest BCUT2D eigenvalue weighted by atomic mass is 9.92. The van der Waals surface area contributed by atoms with E-state index in [4.69, 9.17) is 16.0 Å². The van der Waals surface area contributed by atoms with Gasteiger partial charge in [-0.15, -0.1) is 0 Å². The van der Waals surface area contributed by atoms with E-state index in [1.165, 1.54) is 12.3 Å². The topological polar surface area (TPSA) is 109 Å². The molecular weight excluding hydrogens is 416 g/mol. The third kappa shape index (κ3) is 4.44. The summed E-state index contributed by atoms with van der Waals surface area (Å²) < 4.78 is 32.1. The third-order valence-corrected chi connectivity index (χ3v) is 6.52. The molecule has 9 heteroatoms. The fourth-order valence-corrected chi connectivity index (χ4v) is 4.44. The van der Waals surface area contributed by atoms with Crippen LogP contribution in [0.3, 0.4) is 0 Å². The number of amides is 2. The van der Waals surface area contributed by atoms with Gasteiger partial charge in [0.15, 0.2) is 0 Å². The first kappa shape index (κ1) is 21.7. The van der Waals surface area contributed by atoms with Gasteiger partial charge in [-0.3, -0.25) is 0 Å². The average Bonchev–Trinajstić information content (AvgIpc) is 3.14. The van der Waals surface area contributed by atoms with E-state index in [2.05, 4.69) is 5.32 Å². The number of rotatable bonds is 6. The van der Waals surface area contributed by atoms with Crippen LogP contribution in [0, 0.1) is 0 Å². The van der Waals surface area contributed by atoms with Gasteiger partial charge in [-0.1, -0.05) is 45.4 Å². The number of furan rings is 1. The quantitative estimate of drug-likeness (QED) is 0.604. The summed E-state index contributed by atoms with van der Waals surface area (Å²) in [5.74, 6) is 0.101. The lowest BCUT2D eigenvalue weighted by Gasteiger charge is -2.21. The fraction of sp³-hybridized carbons (Fsp3) is 0.450. The molecule has 3 N–H and O–H groups in total. The Morgan fingerprint density at radius 2 is 1.86 bits per heavy atom. The molecule has 1 aromatic carbocycles. The van der Waals surface area contributed by atoms with Gasteiger partial charge in [-0.25, -0.2) is 9.52 Å². The van der Waals surface area contributed by atoms with E-state index < -0.39 is 26.7 Å². The Morgan fingerprint density at radius 3 is 2.41 bits per heavy atom. The Hall–Kier alpha value is -2.03. The summed E-state index contributed by atoms with van der Waals surface area (Å²) in [6.45, 7) is 7.83. The first-order valence-corrected chi connectivity index (χ1v) is 11.3. The summed E-state index contributed by atoms with van der Waals surface area (Å²) in [5.41, 5.74) is 1.45. The van der Waals surface area contributed by atoms with Crippen molar-refractivity contribution in [2.75, 3.05) is 5.32 Å². The predicted molar refractivity (Wildman–Crippen MR) is 111 cm³/mol. The normalized spacial score (nSPS) is 15.6. The van der Waals surface area contributed by atoms with E-state index in [-0.39, 0.29) is 11.8 Å². The molecule has 0 aliphatic heterocycles. The number of hydrogen-bond acceptors (Lipinski definition) is 5. The van der Waals surface area contributed by atoms with Gasteiger partial charge in [0.25, 0.3) is 10.0 Å². The number of anilines is 1. The maximum Gasteiger partial charge on any atom is 0.333 e. The van der Waals surface area contributed by atoms with Crippen LogP contribution in [0.4, 0.5) is 10.5 Å². The number of sulfonamides is 1. The van der Waals surface area contributed by atoms with Crippen LogP contribution in [-0.4, -0.2) is 19.6 Å². The molecule has 1 fully saturated rings. The Labute approximate surface area is 175 Å². The lowest BCUT2D eigenvalue weighted by Crippen LogP contribution is -2.35. The summed E-state index contributed by atoms with van der Waals surface area (Å²) >= 11 is 6.34. The second kappa shape index (κ2) is 7.66. The molecule has 0 spiro atoms. The summed E-state index contributed by atoms with van der Waals surface area (Å²) in [5, 5.41) is 12.8.